The number of carboxylic acid groups (broad SMARTS) is 2. The fourth-order valence-electron chi connectivity index (χ4n) is 4.11. The molecule has 0 fully saturated rings. The van der Waals surface area contributed by atoms with Gasteiger partial charge in [-0.2, -0.15) is 9.97 Å². The van der Waals surface area contributed by atoms with Crippen molar-refractivity contribution >= 4 is 68.1 Å². The number of nitrogens with two attached hydrogens (primary N) is 3. The summed E-state index contributed by atoms with van der Waals surface area (Å²) in [6.07, 6.45) is 2.86. The van der Waals surface area contributed by atoms with E-state index in [1.54, 1.807) is 18.3 Å². The van der Waals surface area contributed by atoms with Gasteiger partial charge in [0.25, 0.3) is 5.91 Å². The zero-order chi connectivity index (χ0) is 28.8. The Hall–Kier alpha value is -3.89. The summed E-state index contributed by atoms with van der Waals surface area (Å²) in [4.78, 5) is 54.3. The van der Waals surface area contributed by atoms with Crippen LogP contribution in [0.3, 0.4) is 0 Å². The second-order valence-corrected chi connectivity index (χ2v) is 11.7. The van der Waals surface area contributed by atoms with Crippen LogP contribution < -0.4 is 27.4 Å². The second-order valence-electron chi connectivity index (χ2n) is 9.05. The molecular weight excluding hydrogens is 558 g/mol. The summed E-state index contributed by atoms with van der Waals surface area (Å²) in [5.41, 5.74) is 20.7. The summed E-state index contributed by atoms with van der Waals surface area (Å²) in [6, 6.07) is 3.32. The fourth-order valence-corrected chi connectivity index (χ4v) is 6.31. The molecule has 212 valence electrons. The van der Waals surface area contributed by atoms with Gasteiger partial charge < -0.3 is 37.6 Å². The lowest BCUT2D eigenvalue weighted by atomic mass is 10.1. The maximum atomic E-state index is 12.9. The van der Waals surface area contributed by atoms with E-state index in [4.69, 9.17) is 22.3 Å². The van der Waals surface area contributed by atoms with Crippen LogP contribution in [0.5, 0.6) is 0 Å². The molecule has 3 heterocycles. The number of carboxylic acids is 2. The van der Waals surface area contributed by atoms with Crippen molar-refractivity contribution in [1.82, 2.24) is 25.3 Å². The number of nitrogens with one attached hydrogen (secondary N) is 1. The molecule has 16 heteroatoms. The molecule has 0 unspecified atom stereocenters. The highest BCUT2D eigenvalue weighted by Crippen LogP contribution is 2.30. The topological polar surface area (TPSA) is 237 Å². The number of aliphatic carboxylic acids is 2. The number of benzene rings is 1. The molecule has 1 aromatic carbocycles. The first-order valence-corrected chi connectivity index (χ1v) is 14.8. The molecular formula is C24H29N9O5S2. The van der Waals surface area contributed by atoms with Gasteiger partial charge in [0.15, 0.2) is 17.0 Å². The van der Waals surface area contributed by atoms with Crippen LogP contribution in [0.4, 0.5) is 17.5 Å². The molecule has 0 radical (unpaired) electrons. The molecule has 4 rings (SSSR count). The standard InChI is InChI=1S/C24H29N9O5S2/c25-15(22(35)36)4-7-39-40-8-5-16(23(37)38)30-21(34)13-1-2-17-12(9-13)3-6-33(17)11-14-10-28-20-18(29-14)19(26)31-24(27)32-20/h1-2,9-10,15-16H,3-8,11,25H2,(H,30,34)(H,35,36)(H,37,38)(H4,26,27,28,31,32)/t15-,16-/m0/s1. The molecule has 14 nitrogen and oxygen atoms in total. The molecule has 1 aliphatic heterocycles. The molecule has 2 aromatic heterocycles. The first kappa shape index (κ1) is 29.1. The van der Waals surface area contributed by atoms with Gasteiger partial charge in [-0.3, -0.25) is 9.59 Å². The Kier molecular flexibility index (Phi) is 9.44. The van der Waals surface area contributed by atoms with Crippen LogP contribution in [0.2, 0.25) is 0 Å². The second kappa shape index (κ2) is 13.0. The van der Waals surface area contributed by atoms with Gasteiger partial charge >= 0.3 is 11.9 Å². The van der Waals surface area contributed by atoms with Crippen molar-refractivity contribution < 1.29 is 24.6 Å². The summed E-state index contributed by atoms with van der Waals surface area (Å²) in [5.74, 6) is -1.45. The third-order valence-electron chi connectivity index (χ3n) is 6.19. The number of carbonyl (C=O) groups is 3. The maximum Gasteiger partial charge on any atom is 0.326 e. The molecule has 0 saturated heterocycles. The van der Waals surface area contributed by atoms with Gasteiger partial charge in [0.1, 0.15) is 12.1 Å². The Labute approximate surface area is 236 Å². The lowest BCUT2D eigenvalue weighted by Gasteiger charge is -2.19. The number of fused-ring (bicyclic) bond motifs is 2. The lowest BCUT2D eigenvalue weighted by molar-refractivity contribution is -0.139. The van der Waals surface area contributed by atoms with E-state index >= 15 is 0 Å². The molecule has 0 saturated carbocycles. The van der Waals surface area contributed by atoms with Gasteiger partial charge in [-0.15, -0.1) is 0 Å². The van der Waals surface area contributed by atoms with E-state index in [0.29, 0.717) is 59.9 Å². The molecule has 0 bridgehead atoms. The summed E-state index contributed by atoms with van der Waals surface area (Å²) in [7, 11) is 2.83. The molecule has 2 atom stereocenters. The highest BCUT2D eigenvalue weighted by Gasteiger charge is 2.24. The minimum absolute atomic E-state index is 0.0310. The third kappa shape index (κ3) is 7.19. The lowest BCUT2D eigenvalue weighted by Crippen LogP contribution is -2.41. The predicted molar refractivity (Wildman–Crippen MR) is 154 cm³/mol. The fraction of sp³-hybridized carbons (Fsp3) is 0.375. The van der Waals surface area contributed by atoms with E-state index in [1.807, 2.05) is 6.07 Å². The zero-order valence-corrected chi connectivity index (χ0v) is 23.0. The molecule has 9 N–H and O–H groups in total. The molecule has 0 spiro atoms. The summed E-state index contributed by atoms with van der Waals surface area (Å²) in [6.45, 7) is 1.17. The molecule has 1 amide bonds. The molecule has 0 aliphatic carbocycles. The minimum atomic E-state index is -1.12. The summed E-state index contributed by atoms with van der Waals surface area (Å²) >= 11 is 0. The first-order chi connectivity index (χ1) is 19.1. The average molecular weight is 588 g/mol. The number of nitrogens with zero attached hydrogens (tertiary/aromatic N) is 5. The van der Waals surface area contributed by atoms with Crippen molar-refractivity contribution in [2.75, 3.05) is 34.4 Å². The monoisotopic (exact) mass is 587 g/mol. The minimum Gasteiger partial charge on any atom is -0.480 e. The van der Waals surface area contributed by atoms with Crippen molar-refractivity contribution in [3.63, 3.8) is 0 Å². The van der Waals surface area contributed by atoms with E-state index in [9.17, 15) is 19.5 Å². The van der Waals surface area contributed by atoms with Crippen molar-refractivity contribution in [2.24, 2.45) is 5.73 Å². The number of carbonyl (C=O) groups excluding carboxylic acids is 1. The van der Waals surface area contributed by atoms with Crippen molar-refractivity contribution in [3.05, 3.63) is 41.2 Å². The van der Waals surface area contributed by atoms with Crippen molar-refractivity contribution in [1.29, 1.82) is 0 Å². The summed E-state index contributed by atoms with van der Waals surface area (Å²) in [5, 5.41) is 21.0. The smallest absolute Gasteiger partial charge is 0.326 e. The van der Waals surface area contributed by atoms with Crippen LogP contribution in [0.1, 0.15) is 34.5 Å². The van der Waals surface area contributed by atoms with Gasteiger partial charge in [0.05, 0.1) is 18.4 Å². The Morgan fingerprint density at radius 3 is 2.52 bits per heavy atom. The van der Waals surface area contributed by atoms with E-state index < -0.39 is 29.9 Å². The summed E-state index contributed by atoms with van der Waals surface area (Å²) < 4.78 is 0. The average Bonchev–Trinajstić information content (AvgIpc) is 3.31. The highest BCUT2D eigenvalue weighted by atomic mass is 33.1. The molecule has 40 heavy (non-hydrogen) atoms. The number of hydrogen-bond acceptors (Lipinski definition) is 13. The third-order valence-corrected chi connectivity index (χ3v) is 8.66. The van der Waals surface area contributed by atoms with E-state index in [2.05, 4.69) is 30.2 Å². The van der Waals surface area contributed by atoms with Gasteiger partial charge in [-0.25, -0.2) is 14.8 Å². The van der Waals surface area contributed by atoms with E-state index in [0.717, 1.165) is 11.3 Å². The zero-order valence-electron chi connectivity index (χ0n) is 21.3. The normalized spacial score (nSPS) is 14.1. The Morgan fingerprint density at radius 2 is 1.80 bits per heavy atom. The Balaban J connectivity index is 1.32. The Morgan fingerprint density at radius 1 is 1.05 bits per heavy atom. The van der Waals surface area contributed by atoms with E-state index in [-0.39, 0.29) is 18.2 Å². The largest absolute Gasteiger partial charge is 0.480 e. The van der Waals surface area contributed by atoms with Crippen molar-refractivity contribution in [2.45, 2.75) is 37.9 Å². The molecule has 1 aliphatic rings. The SMILES string of the molecule is Nc1nc(N)c2nc(CN3CCc4cc(C(=O)N[C@@H](CCSSCC[C@H](N)C(=O)O)C(=O)O)ccc43)cnc2n1. The van der Waals surface area contributed by atoms with Crippen LogP contribution in [-0.4, -0.2) is 78.1 Å². The predicted octanol–water partition coefficient (Wildman–Crippen LogP) is 0.903. The number of hydrogen-bond donors (Lipinski definition) is 6. The van der Waals surface area contributed by atoms with Crippen LogP contribution in [0.25, 0.3) is 11.2 Å². The number of amides is 1. The van der Waals surface area contributed by atoms with Crippen LogP contribution in [-0.2, 0) is 22.6 Å². The number of aromatic nitrogens is 4. The van der Waals surface area contributed by atoms with Crippen LogP contribution >= 0.6 is 21.6 Å². The first-order valence-electron chi connectivity index (χ1n) is 12.3. The Bertz CT molecular complexity index is 1430. The van der Waals surface area contributed by atoms with E-state index in [1.165, 1.54) is 21.6 Å². The van der Waals surface area contributed by atoms with Crippen molar-refractivity contribution in [3.8, 4) is 0 Å². The number of rotatable bonds is 13. The van der Waals surface area contributed by atoms with Gasteiger partial charge in [-0.05, 0) is 43.0 Å². The molecule has 3 aromatic rings. The van der Waals surface area contributed by atoms with Gasteiger partial charge in [0.2, 0.25) is 5.95 Å². The number of nitrogen functional groups attached to an aromatic ring is 2. The van der Waals surface area contributed by atoms with Gasteiger partial charge in [-0.1, -0.05) is 21.6 Å². The highest BCUT2D eigenvalue weighted by molar-refractivity contribution is 8.76. The van der Waals surface area contributed by atoms with Crippen LogP contribution in [0.15, 0.2) is 24.4 Å². The van der Waals surface area contributed by atoms with Crippen LogP contribution in [0, 0.1) is 0 Å². The quantitative estimate of drug-likeness (QED) is 0.120. The maximum absolute atomic E-state index is 12.9. The number of anilines is 3. The van der Waals surface area contributed by atoms with Gasteiger partial charge in [0, 0.05) is 29.3 Å².